The average molecular weight is 378 g/mol. The Morgan fingerprint density at radius 3 is 2.23 bits per heavy atom. The Morgan fingerprint density at radius 1 is 1.08 bits per heavy atom. The number of amides is 2. The van der Waals surface area contributed by atoms with Crippen LogP contribution in [0.4, 0.5) is 0 Å². The molecule has 1 aromatic carbocycles. The molecule has 140 valence electrons. The van der Waals surface area contributed by atoms with Gasteiger partial charge in [-0.15, -0.1) is 0 Å². The summed E-state index contributed by atoms with van der Waals surface area (Å²) in [6.07, 6.45) is 1.44. The molecule has 0 spiro atoms. The third kappa shape index (κ3) is 2.49. The maximum Gasteiger partial charge on any atom is 0.363 e. The number of fused-ring (bicyclic) bond motifs is 1. The minimum absolute atomic E-state index is 0.137. The molecular weight excluding hydrogens is 355 g/mol. The van der Waals surface area contributed by atoms with Crippen LogP contribution in [0, 0.1) is 11.8 Å². The van der Waals surface area contributed by atoms with Gasteiger partial charge in [-0.25, -0.2) is 0 Å². The van der Waals surface area contributed by atoms with E-state index in [4.69, 9.17) is 9.05 Å². The number of aliphatic imine (C=N–C) groups is 1. The first-order valence-electron chi connectivity index (χ1n) is 8.82. The van der Waals surface area contributed by atoms with Gasteiger partial charge >= 0.3 is 7.60 Å². The number of hydrogen-bond donors (Lipinski definition) is 0. The van der Waals surface area contributed by atoms with E-state index in [1.54, 1.807) is 45.0 Å². The predicted octanol–water partition coefficient (Wildman–Crippen LogP) is 2.81. The molecule has 0 aliphatic carbocycles. The van der Waals surface area contributed by atoms with Gasteiger partial charge in [0.1, 0.15) is 0 Å². The van der Waals surface area contributed by atoms with E-state index in [0.717, 1.165) is 0 Å². The highest BCUT2D eigenvalue weighted by Gasteiger charge is 2.69. The quantitative estimate of drug-likeness (QED) is 0.538. The number of rotatable bonds is 7. The van der Waals surface area contributed by atoms with Gasteiger partial charge in [-0.05, 0) is 26.3 Å². The lowest BCUT2D eigenvalue weighted by molar-refractivity contribution is -0.139. The Balaban J connectivity index is 2.24. The van der Waals surface area contributed by atoms with E-state index >= 15 is 0 Å². The molecule has 8 heteroatoms. The molecule has 0 aromatic heterocycles. The van der Waals surface area contributed by atoms with Crippen molar-refractivity contribution in [1.29, 1.82) is 0 Å². The van der Waals surface area contributed by atoms with E-state index in [1.165, 1.54) is 11.1 Å². The van der Waals surface area contributed by atoms with Crippen LogP contribution in [-0.2, 0) is 28.5 Å². The Labute approximate surface area is 152 Å². The van der Waals surface area contributed by atoms with Crippen molar-refractivity contribution in [2.75, 3.05) is 19.8 Å². The molecule has 0 N–H and O–H groups in total. The second-order valence-corrected chi connectivity index (χ2v) is 8.32. The Bertz CT molecular complexity index is 771. The molecular formula is C18H23N2O5P. The highest BCUT2D eigenvalue weighted by Crippen LogP contribution is 2.72. The van der Waals surface area contributed by atoms with Crippen LogP contribution >= 0.6 is 7.60 Å². The van der Waals surface area contributed by atoms with Crippen LogP contribution in [0.5, 0.6) is 0 Å². The molecule has 2 aliphatic heterocycles. The van der Waals surface area contributed by atoms with Gasteiger partial charge < -0.3 is 9.05 Å². The number of hydrogen-bond acceptors (Lipinski definition) is 6. The van der Waals surface area contributed by atoms with Gasteiger partial charge in [0.15, 0.2) is 5.28 Å². The highest BCUT2D eigenvalue weighted by molar-refractivity contribution is 7.55. The normalized spacial score (nSPS) is 28.0. The number of carbonyl (C=O) groups excluding carboxylic acids is 2. The highest BCUT2D eigenvalue weighted by atomic mass is 31.2. The lowest BCUT2D eigenvalue weighted by Crippen LogP contribution is -2.40. The third-order valence-corrected chi connectivity index (χ3v) is 7.52. The number of carbonyl (C=O) groups is 2. The van der Waals surface area contributed by atoms with Gasteiger partial charge in [0, 0.05) is 12.8 Å². The van der Waals surface area contributed by atoms with Crippen molar-refractivity contribution in [1.82, 2.24) is 4.90 Å². The van der Waals surface area contributed by atoms with Gasteiger partial charge in [-0.1, -0.05) is 30.3 Å². The lowest BCUT2D eigenvalue weighted by Gasteiger charge is -2.37. The summed E-state index contributed by atoms with van der Waals surface area (Å²) in [5.74, 6) is -2.38. The minimum atomic E-state index is -3.89. The van der Waals surface area contributed by atoms with E-state index < -0.39 is 24.7 Å². The van der Waals surface area contributed by atoms with Crippen molar-refractivity contribution in [3.63, 3.8) is 0 Å². The van der Waals surface area contributed by atoms with Crippen molar-refractivity contribution in [3.05, 3.63) is 35.9 Å². The van der Waals surface area contributed by atoms with E-state index in [9.17, 15) is 14.2 Å². The monoisotopic (exact) mass is 378 g/mol. The number of nitrogens with zero attached hydrogens (tertiary/aromatic N) is 2. The number of benzene rings is 1. The van der Waals surface area contributed by atoms with E-state index in [1.807, 2.05) is 6.07 Å². The van der Waals surface area contributed by atoms with Crippen LogP contribution in [0.15, 0.2) is 35.3 Å². The molecule has 2 amide bonds. The smallest absolute Gasteiger partial charge is 0.307 e. The zero-order chi connectivity index (χ0) is 18.9. The summed E-state index contributed by atoms with van der Waals surface area (Å²) in [6.45, 7) is 5.69. The molecule has 3 atom stereocenters. The molecule has 1 aromatic rings. The molecule has 2 heterocycles. The number of imide groups is 1. The molecule has 2 aliphatic rings. The molecule has 0 unspecified atom stereocenters. The van der Waals surface area contributed by atoms with Crippen LogP contribution in [0.2, 0.25) is 0 Å². The Morgan fingerprint density at radius 2 is 1.69 bits per heavy atom. The minimum Gasteiger partial charge on any atom is -0.307 e. The summed E-state index contributed by atoms with van der Waals surface area (Å²) in [5, 5.41) is -1.55. The first-order valence-corrected chi connectivity index (χ1v) is 10.4. The molecule has 1 fully saturated rings. The van der Waals surface area contributed by atoms with Crippen LogP contribution < -0.4 is 0 Å². The summed E-state index contributed by atoms with van der Waals surface area (Å²) in [4.78, 5) is 31.4. The van der Waals surface area contributed by atoms with E-state index in [0.29, 0.717) is 5.56 Å². The van der Waals surface area contributed by atoms with Crippen molar-refractivity contribution in [2.45, 2.75) is 26.1 Å². The SMILES string of the molecule is CCOP(=O)(OCC)[C@]1(c2ccccc2)N=C[C@H]2C(=O)N(CC)C(=O)[C@H]21. The summed E-state index contributed by atoms with van der Waals surface area (Å²) in [5.41, 5.74) is 0.549. The topological polar surface area (TPSA) is 85.3 Å². The van der Waals surface area contributed by atoms with E-state index in [-0.39, 0.29) is 31.6 Å². The zero-order valence-corrected chi connectivity index (χ0v) is 16.0. The Kier molecular flexibility index (Phi) is 5.15. The second kappa shape index (κ2) is 7.06. The first-order chi connectivity index (χ1) is 12.5. The maximum atomic E-state index is 13.9. The number of likely N-dealkylation sites (tertiary alicyclic amines) is 1. The van der Waals surface area contributed by atoms with Gasteiger partial charge in [0.25, 0.3) is 0 Å². The zero-order valence-electron chi connectivity index (χ0n) is 15.1. The van der Waals surface area contributed by atoms with Gasteiger partial charge in [-0.2, -0.15) is 0 Å². The van der Waals surface area contributed by atoms with Crippen molar-refractivity contribution >= 4 is 25.6 Å². The van der Waals surface area contributed by atoms with Gasteiger partial charge in [0.05, 0.1) is 25.0 Å². The first kappa shape index (κ1) is 19.0. The van der Waals surface area contributed by atoms with Crippen LogP contribution in [-0.4, -0.2) is 42.7 Å². The largest absolute Gasteiger partial charge is 0.363 e. The Hall–Kier alpha value is -1.82. The molecule has 26 heavy (non-hydrogen) atoms. The molecule has 7 nitrogen and oxygen atoms in total. The second-order valence-electron chi connectivity index (χ2n) is 6.13. The lowest BCUT2D eigenvalue weighted by atomic mass is 9.87. The summed E-state index contributed by atoms with van der Waals surface area (Å²) in [7, 11) is -3.89. The van der Waals surface area contributed by atoms with Crippen molar-refractivity contribution in [3.8, 4) is 0 Å². The van der Waals surface area contributed by atoms with Crippen LogP contribution in [0.3, 0.4) is 0 Å². The average Bonchev–Trinajstić information content (AvgIpc) is 3.15. The third-order valence-electron chi connectivity index (χ3n) is 4.84. The van der Waals surface area contributed by atoms with E-state index in [2.05, 4.69) is 4.99 Å². The van der Waals surface area contributed by atoms with Crippen molar-refractivity contribution < 1.29 is 23.2 Å². The molecule has 0 radical (unpaired) electrons. The predicted molar refractivity (Wildman–Crippen MR) is 96.8 cm³/mol. The van der Waals surface area contributed by atoms with Crippen LogP contribution in [0.25, 0.3) is 0 Å². The van der Waals surface area contributed by atoms with Gasteiger partial charge in [0.2, 0.25) is 11.8 Å². The molecule has 0 saturated carbocycles. The molecule has 3 rings (SSSR count). The summed E-state index contributed by atoms with van der Waals surface area (Å²) < 4.78 is 25.1. The fourth-order valence-corrected chi connectivity index (χ4v) is 6.25. The summed E-state index contributed by atoms with van der Waals surface area (Å²) >= 11 is 0. The fourth-order valence-electron chi connectivity index (χ4n) is 3.82. The maximum absolute atomic E-state index is 13.9. The standard InChI is InChI=1S/C18H23N2O5P/c1-4-20-16(21)14-12-19-18(15(14)17(20)22,13-10-8-7-9-11-13)26(23,24-5-2)25-6-3/h7-12,14-15H,4-6H2,1-3H3/t14-,15+,18+/m1/s1. The molecule has 1 saturated heterocycles. The van der Waals surface area contributed by atoms with Crippen molar-refractivity contribution in [2.24, 2.45) is 16.8 Å². The summed E-state index contributed by atoms with van der Waals surface area (Å²) in [6, 6.07) is 8.87. The van der Waals surface area contributed by atoms with Crippen LogP contribution in [0.1, 0.15) is 26.3 Å². The fraction of sp³-hybridized carbons (Fsp3) is 0.500. The van der Waals surface area contributed by atoms with Gasteiger partial charge in [-0.3, -0.25) is 24.0 Å². The molecule has 0 bridgehead atoms.